The lowest BCUT2D eigenvalue weighted by Crippen LogP contribution is -2.40. The Morgan fingerprint density at radius 1 is 1.11 bits per heavy atom. The quantitative estimate of drug-likeness (QED) is 0.269. The van der Waals surface area contributed by atoms with E-state index >= 15 is 0 Å². The second-order valence-corrected chi connectivity index (χ2v) is 7.54. The van der Waals surface area contributed by atoms with Gasteiger partial charge in [0.25, 0.3) is 0 Å². The van der Waals surface area contributed by atoms with Crippen LogP contribution in [0.1, 0.15) is 36.8 Å². The van der Waals surface area contributed by atoms with Gasteiger partial charge in [-0.3, -0.25) is 4.99 Å². The number of aliphatic imine (C=N–C) groups is 1. The Labute approximate surface area is 183 Å². The zero-order chi connectivity index (χ0) is 18.8. The number of hydrogen-bond donors (Lipinski definition) is 2. The predicted octanol–water partition coefficient (Wildman–Crippen LogP) is 2.91. The lowest BCUT2D eigenvalue weighted by molar-refractivity contribution is 0.274. The molecule has 0 amide bonds. The van der Waals surface area contributed by atoms with Gasteiger partial charge in [-0.1, -0.05) is 36.8 Å². The minimum Gasteiger partial charge on any atom is -0.356 e. The fourth-order valence-corrected chi connectivity index (χ4v) is 3.32. The molecule has 1 aromatic carbocycles. The molecular weight excluding hydrogens is 449 g/mol. The lowest BCUT2D eigenvalue weighted by atomic mass is 10.0. The van der Waals surface area contributed by atoms with Gasteiger partial charge >= 0.3 is 0 Å². The Morgan fingerprint density at radius 3 is 2.56 bits per heavy atom. The maximum Gasteiger partial charge on any atom is 0.190 e. The number of halogens is 1. The molecule has 27 heavy (non-hydrogen) atoms. The van der Waals surface area contributed by atoms with Gasteiger partial charge in [-0.2, -0.15) is 0 Å². The summed E-state index contributed by atoms with van der Waals surface area (Å²) < 4.78 is 0. The number of hydrogen-bond acceptors (Lipinski definition) is 3. The molecule has 0 aromatic heterocycles. The molecule has 154 valence electrons. The van der Waals surface area contributed by atoms with Crippen LogP contribution >= 0.6 is 24.0 Å². The summed E-state index contributed by atoms with van der Waals surface area (Å²) in [6, 6.07) is 8.80. The van der Waals surface area contributed by atoms with Gasteiger partial charge < -0.3 is 20.4 Å². The Bertz CT molecular complexity index is 546. The summed E-state index contributed by atoms with van der Waals surface area (Å²) in [6.07, 6.45) is 2.43. The van der Waals surface area contributed by atoms with E-state index < -0.39 is 0 Å². The third kappa shape index (κ3) is 9.25. The SMILES string of the molecule is CN=C(NCCCN1CCCN(C)CC1)NCC(C)c1ccc(C)cc1.I. The topological polar surface area (TPSA) is 42.9 Å². The number of nitrogens with one attached hydrogen (secondary N) is 2. The van der Waals surface area contributed by atoms with Crippen LogP contribution in [-0.4, -0.2) is 75.7 Å². The van der Waals surface area contributed by atoms with E-state index in [9.17, 15) is 0 Å². The maximum atomic E-state index is 4.35. The van der Waals surface area contributed by atoms with Crippen molar-refractivity contribution >= 4 is 29.9 Å². The number of guanidine groups is 1. The molecule has 1 aliphatic rings. The normalized spacial score (nSPS) is 17.7. The minimum atomic E-state index is 0. The van der Waals surface area contributed by atoms with Crippen LogP contribution in [0.3, 0.4) is 0 Å². The lowest BCUT2D eigenvalue weighted by Gasteiger charge is -2.20. The fourth-order valence-electron chi connectivity index (χ4n) is 3.32. The van der Waals surface area contributed by atoms with Crippen molar-refractivity contribution in [3.63, 3.8) is 0 Å². The molecule has 2 rings (SSSR count). The standard InChI is InChI=1S/C21H37N5.HI/c1-18-7-9-20(10-8-18)19(2)17-24-21(22-3)23-11-5-13-26-14-6-12-25(4)15-16-26;/h7-10,19H,5-6,11-17H2,1-4H3,(H2,22,23,24);1H. The Hall–Kier alpha value is -0.860. The van der Waals surface area contributed by atoms with E-state index in [2.05, 4.69) is 70.6 Å². The van der Waals surface area contributed by atoms with Crippen LogP contribution in [0.15, 0.2) is 29.3 Å². The Balaban J connectivity index is 0.00000364. The molecule has 0 radical (unpaired) electrons. The number of nitrogens with zero attached hydrogens (tertiary/aromatic N) is 3. The van der Waals surface area contributed by atoms with Gasteiger partial charge in [-0.15, -0.1) is 24.0 Å². The molecule has 1 aromatic rings. The molecule has 0 bridgehead atoms. The molecule has 6 heteroatoms. The van der Waals surface area contributed by atoms with Crippen LogP contribution in [-0.2, 0) is 0 Å². The maximum absolute atomic E-state index is 4.35. The van der Waals surface area contributed by atoms with Crippen LogP contribution in [0.5, 0.6) is 0 Å². The smallest absolute Gasteiger partial charge is 0.190 e. The van der Waals surface area contributed by atoms with Gasteiger partial charge in [-0.25, -0.2) is 0 Å². The summed E-state index contributed by atoms with van der Waals surface area (Å²) >= 11 is 0. The predicted molar refractivity (Wildman–Crippen MR) is 128 cm³/mol. The minimum absolute atomic E-state index is 0. The van der Waals surface area contributed by atoms with E-state index in [-0.39, 0.29) is 24.0 Å². The fraction of sp³-hybridized carbons (Fsp3) is 0.667. The van der Waals surface area contributed by atoms with Gasteiger partial charge in [0.2, 0.25) is 0 Å². The third-order valence-corrected chi connectivity index (χ3v) is 5.20. The van der Waals surface area contributed by atoms with Crippen molar-refractivity contribution in [3.05, 3.63) is 35.4 Å². The van der Waals surface area contributed by atoms with Gasteiger partial charge in [0, 0.05) is 33.2 Å². The second kappa shape index (κ2) is 13.3. The van der Waals surface area contributed by atoms with Crippen LogP contribution in [0, 0.1) is 6.92 Å². The average Bonchev–Trinajstić information content (AvgIpc) is 2.85. The highest BCUT2D eigenvalue weighted by atomic mass is 127. The molecule has 1 atom stereocenters. The molecule has 1 fully saturated rings. The van der Waals surface area contributed by atoms with E-state index in [1.54, 1.807) is 0 Å². The van der Waals surface area contributed by atoms with Crippen LogP contribution in [0.4, 0.5) is 0 Å². The van der Waals surface area contributed by atoms with Crippen molar-refractivity contribution in [2.45, 2.75) is 32.6 Å². The van der Waals surface area contributed by atoms with Crippen molar-refractivity contribution in [1.29, 1.82) is 0 Å². The first-order chi connectivity index (χ1) is 12.6. The molecule has 0 saturated carbocycles. The van der Waals surface area contributed by atoms with E-state index in [1.165, 1.54) is 43.7 Å². The summed E-state index contributed by atoms with van der Waals surface area (Å²) in [7, 11) is 4.06. The van der Waals surface area contributed by atoms with E-state index in [4.69, 9.17) is 0 Å². The first-order valence-corrected chi connectivity index (χ1v) is 10.0. The first kappa shape index (κ1) is 24.2. The Kier molecular flexibility index (Phi) is 11.9. The van der Waals surface area contributed by atoms with E-state index in [0.717, 1.165) is 32.0 Å². The molecule has 1 heterocycles. The van der Waals surface area contributed by atoms with Gasteiger partial charge in [0.1, 0.15) is 0 Å². The van der Waals surface area contributed by atoms with Crippen molar-refractivity contribution in [2.24, 2.45) is 4.99 Å². The monoisotopic (exact) mass is 487 g/mol. The zero-order valence-electron chi connectivity index (χ0n) is 17.5. The van der Waals surface area contributed by atoms with E-state index in [0.29, 0.717) is 5.92 Å². The average molecular weight is 487 g/mol. The van der Waals surface area contributed by atoms with Gasteiger partial charge in [0.15, 0.2) is 5.96 Å². The van der Waals surface area contributed by atoms with Crippen molar-refractivity contribution < 1.29 is 0 Å². The first-order valence-electron chi connectivity index (χ1n) is 10.0. The largest absolute Gasteiger partial charge is 0.356 e. The number of benzene rings is 1. The molecule has 0 aliphatic carbocycles. The summed E-state index contributed by atoms with van der Waals surface area (Å²) in [5.74, 6) is 1.36. The Morgan fingerprint density at radius 2 is 1.85 bits per heavy atom. The summed E-state index contributed by atoms with van der Waals surface area (Å²) in [4.78, 5) is 9.37. The number of rotatable bonds is 7. The summed E-state index contributed by atoms with van der Waals surface area (Å²) in [5.41, 5.74) is 2.67. The van der Waals surface area contributed by atoms with Crippen LogP contribution in [0.2, 0.25) is 0 Å². The molecule has 5 nitrogen and oxygen atoms in total. The highest BCUT2D eigenvalue weighted by Gasteiger charge is 2.11. The molecule has 0 spiro atoms. The second-order valence-electron chi connectivity index (χ2n) is 7.54. The zero-order valence-corrected chi connectivity index (χ0v) is 19.8. The van der Waals surface area contributed by atoms with E-state index in [1.807, 2.05) is 7.05 Å². The molecule has 1 saturated heterocycles. The number of aryl methyl sites for hydroxylation is 1. The summed E-state index contributed by atoms with van der Waals surface area (Å²) in [5, 5.41) is 6.91. The molecule has 2 N–H and O–H groups in total. The van der Waals surface area contributed by atoms with Gasteiger partial charge in [0.05, 0.1) is 0 Å². The summed E-state index contributed by atoms with van der Waals surface area (Å²) in [6.45, 7) is 12.2. The van der Waals surface area contributed by atoms with Crippen LogP contribution < -0.4 is 10.6 Å². The molecule has 1 aliphatic heterocycles. The van der Waals surface area contributed by atoms with Gasteiger partial charge in [-0.05, 0) is 57.9 Å². The molecular formula is C21H38IN5. The van der Waals surface area contributed by atoms with Crippen molar-refractivity contribution in [3.8, 4) is 0 Å². The molecule has 1 unspecified atom stereocenters. The van der Waals surface area contributed by atoms with Crippen molar-refractivity contribution in [1.82, 2.24) is 20.4 Å². The third-order valence-electron chi connectivity index (χ3n) is 5.20. The van der Waals surface area contributed by atoms with Crippen LogP contribution in [0.25, 0.3) is 0 Å². The highest BCUT2D eigenvalue weighted by molar-refractivity contribution is 14.0. The van der Waals surface area contributed by atoms with Crippen molar-refractivity contribution in [2.75, 3.05) is 59.9 Å². The highest BCUT2D eigenvalue weighted by Crippen LogP contribution is 2.14. The number of likely N-dealkylation sites (N-methyl/N-ethyl adjacent to an activating group) is 1.